The van der Waals surface area contributed by atoms with Crippen LogP contribution in [-0.2, 0) is 11.3 Å². The normalized spacial score (nSPS) is 29.2. The van der Waals surface area contributed by atoms with Gasteiger partial charge in [0.25, 0.3) is 0 Å². The fourth-order valence-corrected chi connectivity index (χ4v) is 4.38. The van der Waals surface area contributed by atoms with Crippen molar-refractivity contribution in [2.45, 2.75) is 77.1 Å². The summed E-state index contributed by atoms with van der Waals surface area (Å²) in [6, 6.07) is 3.07. The molecule has 0 aromatic carbocycles. The van der Waals surface area contributed by atoms with Crippen molar-refractivity contribution in [3.05, 3.63) is 18.5 Å². The van der Waals surface area contributed by atoms with Crippen LogP contribution in [0.4, 0.5) is 0 Å². The van der Waals surface area contributed by atoms with Crippen LogP contribution in [0.15, 0.2) is 18.5 Å². The van der Waals surface area contributed by atoms with Crippen LogP contribution in [-0.4, -0.2) is 34.6 Å². The highest BCUT2D eigenvalue weighted by atomic mass is 16.5. The molecule has 0 saturated heterocycles. The monoisotopic (exact) mass is 291 g/mol. The summed E-state index contributed by atoms with van der Waals surface area (Å²) in [7, 11) is 0. The van der Waals surface area contributed by atoms with Crippen LogP contribution in [0.1, 0.15) is 52.4 Å². The summed E-state index contributed by atoms with van der Waals surface area (Å²) in [4.78, 5) is 0. The zero-order valence-electron chi connectivity index (χ0n) is 13.4. The molecule has 118 valence electrons. The predicted octanol–water partition coefficient (Wildman–Crippen LogP) is 2.99. The summed E-state index contributed by atoms with van der Waals surface area (Å²) in [6.45, 7) is 6.19. The van der Waals surface area contributed by atoms with E-state index in [1.807, 2.05) is 23.1 Å². The van der Waals surface area contributed by atoms with Crippen LogP contribution in [0.3, 0.4) is 0 Å². The Morgan fingerprint density at radius 2 is 2.19 bits per heavy atom. The van der Waals surface area contributed by atoms with Gasteiger partial charge in [0, 0.05) is 36.5 Å². The SMILES string of the molecule is CCOC1CC(NC(C)Cn2cccn2)C12CCCCC2. The number of nitrogens with one attached hydrogen (secondary N) is 1. The molecule has 1 N–H and O–H groups in total. The summed E-state index contributed by atoms with van der Waals surface area (Å²) < 4.78 is 8.05. The van der Waals surface area contributed by atoms with E-state index in [2.05, 4.69) is 24.3 Å². The van der Waals surface area contributed by atoms with Crippen LogP contribution in [0, 0.1) is 5.41 Å². The first-order valence-electron chi connectivity index (χ1n) is 8.59. The maximum absolute atomic E-state index is 6.03. The van der Waals surface area contributed by atoms with Crippen molar-refractivity contribution in [1.82, 2.24) is 15.1 Å². The summed E-state index contributed by atoms with van der Waals surface area (Å²) >= 11 is 0. The van der Waals surface area contributed by atoms with E-state index in [0.717, 1.165) is 13.2 Å². The standard InChI is InChI=1S/C17H29N3O/c1-3-21-16-12-15(17(16)8-5-4-6-9-17)19-14(2)13-20-11-7-10-18-20/h7,10-11,14-16,19H,3-6,8-9,12-13H2,1-2H3. The number of nitrogens with zero attached hydrogens (tertiary/aromatic N) is 2. The molecule has 0 bridgehead atoms. The third kappa shape index (κ3) is 3.02. The molecule has 3 atom stereocenters. The molecule has 21 heavy (non-hydrogen) atoms. The molecule has 3 rings (SSSR count). The molecule has 3 unspecified atom stereocenters. The van der Waals surface area contributed by atoms with Crippen molar-refractivity contribution in [1.29, 1.82) is 0 Å². The lowest BCUT2D eigenvalue weighted by atomic mass is 9.55. The average Bonchev–Trinajstić information content (AvgIpc) is 3.00. The molecule has 2 fully saturated rings. The maximum atomic E-state index is 6.03. The van der Waals surface area contributed by atoms with Gasteiger partial charge in [-0.05, 0) is 39.2 Å². The Labute approximate surface area is 128 Å². The van der Waals surface area contributed by atoms with Crippen molar-refractivity contribution in [2.75, 3.05) is 6.61 Å². The van der Waals surface area contributed by atoms with Crippen molar-refractivity contribution in [3.8, 4) is 0 Å². The quantitative estimate of drug-likeness (QED) is 0.876. The summed E-state index contributed by atoms with van der Waals surface area (Å²) in [5, 5.41) is 8.17. The van der Waals surface area contributed by atoms with Crippen LogP contribution in [0.5, 0.6) is 0 Å². The predicted molar refractivity (Wildman–Crippen MR) is 84.2 cm³/mol. The Balaban J connectivity index is 1.59. The van der Waals surface area contributed by atoms with Gasteiger partial charge in [-0.2, -0.15) is 5.10 Å². The molecule has 1 aromatic heterocycles. The van der Waals surface area contributed by atoms with Gasteiger partial charge in [0.05, 0.1) is 12.6 Å². The van der Waals surface area contributed by atoms with E-state index in [4.69, 9.17) is 4.74 Å². The Bertz CT molecular complexity index is 425. The molecule has 0 radical (unpaired) electrons. The highest BCUT2D eigenvalue weighted by Gasteiger charge is 2.55. The molecule has 2 saturated carbocycles. The Morgan fingerprint density at radius 3 is 2.86 bits per heavy atom. The van der Waals surface area contributed by atoms with E-state index in [0.29, 0.717) is 23.6 Å². The van der Waals surface area contributed by atoms with Crippen molar-refractivity contribution in [2.24, 2.45) is 5.41 Å². The zero-order valence-corrected chi connectivity index (χ0v) is 13.4. The average molecular weight is 291 g/mol. The van der Waals surface area contributed by atoms with E-state index < -0.39 is 0 Å². The van der Waals surface area contributed by atoms with Crippen molar-refractivity contribution >= 4 is 0 Å². The zero-order chi connectivity index (χ0) is 14.7. The van der Waals surface area contributed by atoms with Gasteiger partial charge >= 0.3 is 0 Å². The first kappa shape index (κ1) is 15.0. The minimum atomic E-state index is 0.409. The summed E-state index contributed by atoms with van der Waals surface area (Å²) in [5.41, 5.74) is 0.409. The van der Waals surface area contributed by atoms with Crippen LogP contribution in [0.2, 0.25) is 0 Å². The minimum Gasteiger partial charge on any atom is -0.378 e. The lowest BCUT2D eigenvalue weighted by molar-refractivity contribution is -0.152. The highest BCUT2D eigenvalue weighted by molar-refractivity contribution is 5.09. The highest BCUT2D eigenvalue weighted by Crippen LogP contribution is 2.53. The molecule has 4 nitrogen and oxygen atoms in total. The molecule has 2 aliphatic carbocycles. The topological polar surface area (TPSA) is 39.1 Å². The van der Waals surface area contributed by atoms with Gasteiger partial charge < -0.3 is 10.1 Å². The van der Waals surface area contributed by atoms with E-state index in [9.17, 15) is 0 Å². The Morgan fingerprint density at radius 1 is 1.38 bits per heavy atom. The first-order valence-corrected chi connectivity index (χ1v) is 8.59. The lowest BCUT2D eigenvalue weighted by Crippen LogP contribution is -2.66. The molecule has 0 amide bonds. The fourth-order valence-electron chi connectivity index (χ4n) is 4.38. The van der Waals surface area contributed by atoms with Gasteiger partial charge in [-0.1, -0.05) is 19.3 Å². The van der Waals surface area contributed by atoms with E-state index in [1.165, 1.54) is 38.5 Å². The smallest absolute Gasteiger partial charge is 0.0661 e. The largest absolute Gasteiger partial charge is 0.378 e. The molecule has 0 aliphatic heterocycles. The van der Waals surface area contributed by atoms with Gasteiger partial charge in [0.1, 0.15) is 0 Å². The van der Waals surface area contributed by atoms with E-state index in [1.54, 1.807) is 0 Å². The van der Waals surface area contributed by atoms with Gasteiger partial charge in [0.2, 0.25) is 0 Å². The molecule has 1 spiro atoms. The van der Waals surface area contributed by atoms with Crippen molar-refractivity contribution in [3.63, 3.8) is 0 Å². The number of aromatic nitrogens is 2. The molecular weight excluding hydrogens is 262 g/mol. The Hall–Kier alpha value is -0.870. The molecule has 4 heteroatoms. The fraction of sp³-hybridized carbons (Fsp3) is 0.824. The van der Waals surface area contributed by atoms with Gasteiger partial charge in [-0.3, -0.25) is 4.68 Å². The maximum Gasteiger partial charge on any atom is 0.0661 e. The number of hydrogen-bond acceptors (Lipinski definition) is 3. The number of ether oxygens (including phenoxy) is 1. The van der Waals surface area contributed by atoms with Gasteiger partial charge in [-0.25, -0.2) is 0 Å². The molecule has 2 aliphatic rings. The second kappa shape index (κ2) is 6.49. The van der Waals surface area contributed by atoms with Crippen LogP contribution < -0.4 is 5.32 Å². The van der Waals surface area contributed by atoms with Crippen LogP contribution >= 0.6 is 0 Å². The van der Waals surface area contributed by atoms with E-state index >= 15 is 0 Å². The first-order chi connectivity index (χ1) is 10.2. The summed E-state index contributed by atoms with van der Waals surface area (Å²) in [5.74, 6) is 0. The van der Waals surface area contributed by atoms with E-state index in [-0.39, 0.29) is 0 Å². The second-order valence-electron chi connectivity index (χ2n) is 6.82. The molecule has 1 heterocycles. The molecule has 1 aromatic rings. The number of hydrogen-bond donors (Lipinski definition) is 1. The Kier molecular flexibility index (Phi) is 4.65. The lowest BCUT2D eigenvalue weighted by Gasteiger charge is -2.58. The third-order valence-electron chi connectivity index (χ3n) is 5.44. The number of rotatable bonds is 6. The summed E-state index contributed by atoms with van der Waals surface area (Å²) in [6.07, 6.45) is 12.4. The van der Waals surface area contributed by atoms with Crippen LogP contribution in [0.25, 0.3) is 0 Å². The minimum absolute atomic E-state index is 0.409. The van der Waals surface area contributed by atoms with Crippen molar-refractivity contribution < 1.29 is 4.74 Å². The van der Waals surface area contributed by atoms with Gasteiger partial charge in [-0.15, -0.1) is 0 Å². The van der Waals surface area contributed by atoms with Gasteiger partial charge in [0.15, 0.2) is 0 Å². The molecular formula is C17H29N3O. The second-order valence-corrected chi connectivity index (χ2v) is 6.82. The third-order valence-corrected chi connectivity index (χ3v) is 5.44.